The second kappa shape index (κ2) is 10.5. The van der Waals surface area contributed by atoms with Gasteiger partial charge in [-0.25, -0.2) is 9.48 Å². The number of rotatable bonds is 8. The second-order valence-corrected chi connectivity index (χ2v) is 9.52. The number of hydrogen-bond acceptors (Lipinski definition) is 6. The van der Waals surface area contributed by atoms with Crippen LogP contribution in [-0.4, -0.2) is 50.5 Å². The van der Waals surface area contributed by atoms with Gasteiger partial charge >= 0.3 is 5.69 Å². The lowest BCUT2D eigenvalue weighted by atomic mass is 10.3. The summed E-state index contributed by atoms with van der Waals surface area (Å²) in [6.07, 6.45) is 0. The lowest BCUT2D eigenvalue weighted by Crippen LogP contribution is -2.32. The molecule has 4 heterocycles. The van der Waals surface area contributed by atoms with Crippen molar-refractivity contribution in [3.05, 3.63) is 105 Å². The molecule has 2 N–H and O–H groups in total. The van der Waals surface area contributed by atoms with E-state index in [2.05, 4.69) is 26.3 Å². The molecule has 0 aliphatic carbocycles. The Bertz CT molecular complexity index is 1730. The summed E-state index contributed by atoms with van der Waals surface area (Å²) in [4.78, 5) is 40.1. The van der Waals surface area contributed by atoms with Crippen LogP contribution in [0.3, 0.4) is 0 Å². The number of hydrogen-bond donors (Lipinski definition) is 2. The quantitative estimate of drug-likeness (QED) is 0.308. The van der Waals surface area contributed by atoms with Crippen LogP contribution in [0, 0.1) is 34.6 Å². The summed E-state index contributed by atoms with van der Waals surface area (Å²) in [5.74, 6) is -0.664. The van der Waals surface area contributed by atoms with Gasteiger partial charge in [0.05, 0.1) is 12.2 Å². The van der Waals surface area contributed by atoms with Crippen molar-refractivity contribution in [2.24, 2.45) is 0 Å². The maximum absolute atomic E-state index is 13.6. The smallest absolute Gasteiger partial charge is 0.277 e. The van der Waals surface area contributed by atoms with Gasteiger partial charge in [-0.2, -0.15) is 9.78 Å². The van der Waals surface area contributed by atoms with E-state index in [9.17, 15) is 14.4 Å². The number of carbonyl (C=O) groups is 2. The van der Waals surface area contributed by atoms with Crippen LogP contribution in [0.25, 0.3) is 5.69 Å². The molecule has 0 bridgehead atoms. The van der Waals surface area contributed by atoms with Crippen LogP contribution in [0.1, 0.15) is 49.6 Å². The summed E-state index contributed by atoms with van der Waals surface area (Å²) in [6.45, 7) is 9.39. The number of carbonyl (C=O) groups excluding carboxylic acids is 2. The van der Waals surface area contributed by atoms with Crippen LogP contribution in [0.15, 0.2) is 59.4 Å². The number of aryl methyl sites for hydroxylation is 6. The minimum Gasteiger partial charge on any atom is -0.277 e. The molecule has 0 saturated carbocycles. The van der Waals surface area contributed by atoms with Crippen molar-refractivity contribution in [1.29, 1.82) is 0 Å². The van der Waals surface area contributed by atoms with Gasteiger partial charge in [-0.3, -0.25) is 34.4 Å². The Morgan fingerprint density at radius 1 is 0.750 bits per heavy atom. The van der Waals surface area contributed by atoms with Gasteiger partial charge < -0.3 is 0 Å². The van der Waals surface area contributed by atoms with E-state index in [1.165, 1.54) is 13.9 Å². The monoisotopic (exact) mass is 542 g/mol. The lowest BCUT2D eigenvalue weighted by Gasteiger charge is -2.14. The fourth-order valence-electron chi connectivity index (χ4n) is 4.53. The fraction of sp³-hybridized carbons (Fsp3) is 0.259. The van der Waals surface area contributed by atoms with Gasteiger partial charge in [-0.15, -0.1) is 5.10 Å². The minimum absolute atomic E-state index is 0.0337. The van der Waals surface area contributed by atoms with E-state index in [1.807, 2.05) is 70.2 Å². The summed E-state index contributed by atoms with van der Waals surface area (Å²) in [5, 5.41) is 12.6. The number of para-hydroxylation sites is 1. The van der Waals surface area contributed by atoms with Gasteiger partial charge in [0.1, 0.15) is 5.82 Å². The van der Waals surface area contributed by atoms with Crippen LogP contribution in [-0.2, 0) is 13.1 Å². The van der Waals surface area contributed by atoms with E-state index < -0.39 is 11.8 Å². The third kappa shape index (κ3) is 4.84. The average molecular weight is 543 g/mol. The Morgan fingerprint density at radius 3 is 1.88 bits per heavy atom. The van der Waals surface area contributed by atoms with Gasteiger partial charge in [0, 0.05) is 29.3 Å². The first-order valence-corrected chi connectivity index (χ1v) is 12.7. The number of benzene rings is 1. The van der Waals surface area contributed by atoms with Crippen LogP contribution in [0.2, 0.25) is 0 Å². The van der Waals surface area contributed by atoms with E-state index in [-0.39, 0.29) is 30.2 Å². The van der Waals surface area contributed by atoms with Crippen molar-refractivity contribution in [3.63, 3.8) is 0 Å². The predicted octanol–water partition coefficient (Wildman–Crippen LogP) is 2.24. The molecule has 2 amide bonds. The molecule has 206 valence electrons. The number of amides is 2. The molecule has 5 rings (SSSR count). The first-order valence-electron chi connectivity index (χ1n) is 12.7. The van der Waals surface area contributed by atoms with Gasteiger partial charge in [0.25, 0.3) is 11.8 Å². The lowest BCUT2D eigenvalue weighted by molar-refractivity contribution is 0.0966. The summed E-state index contributed by atoms with van der Waals surface area (Å²) >= 11 is 0. The summed E-state index contributed by atoms with van der Waals surface area (Å²) in [6, 6.07) is 16.6. The van der Waals surface area contributed by atoms with E-state index in [0.29, 0.717) is 11.5 Å². The Labute approximate surface area is 229 Å². The average Bonchev–Trinajstić information content (AvgIpc) is 3.67. The second-order valence-electron chi connectivity index (χ2n) is 9.52. The molecule has 0 aliphatic heterocycles. The number of nitrogens with zero attached hydrogens (tertiary/aromatic N) is 8. The zero-order valence-electron chi connectivity index (χ0n) is 22.9. The fourth-order valence-corrected chi connectivity index (χ4v) is 4.53. The molecule has 40 heavy (non-hydrogen) atoms. The molecule has 1 aromatic carbocycles. The molecule has 0 spiro atoms. The molecular weight excluding hydrogens is 512 g/mol. The SMILES string of the molecule is Cc1ccc(C)n1NC(=O)c1nnn(CCn2c(C)nn(-c3ccccc3)c2=O)c1C(=O)Nn1c(C)ccc1C. The van der Waals surface area contributed by atoms with Crippen molar-refractivity contribution < 1.29 is 9.59 Å². The van der Waals surface area contributed by atoms with E-state index in [4.69, 9.17) is 0 Å². The van der Waals surface area contributed by atoms with E-state index in [0.717, 1.165) is 22.8 Å². The van der Waals surface area contributed by atoms with Gasteiger partial charge in [0.15, 0.2) is 11.4 Å². The molecule has 0 aliphatic rings. The maximum Gasteiger partial charge on any atom is 0.350 e. The van der Waals surface area contributed by atoms with Crippen LogP contribution < -0.4 is 16.5 Å². The standard InChI is InChI=1S/C27H30N10O3/c1-17-11-12-18(2)35(17)30-25(38)23-24(26(39)31-36-19(3)13-14-20(36)4)34(32-28-23)16-15-33-21(5)29-37(27(33)40)22-9-7-6-8-10-22/h6-14H,15-16H2,1-5H3,(H,30,38)(H,31,39). The topological polar surface area (TPSA) is 139 Å². The Balaban J connectivity index is 1.47. The highest BCUT2D eigenvalue weighted by Crippen LogP contribution is 2.12. The number of nitrogens with one attached hydrogen (secondary N) is 2. The predicted molar refractivity (Wildman–Crippen MR) is 148 cm³/mol. The molecule has 0 atom stereocenters. The molecule has 4 aromatic heterocycles. The summed E-state index contributed by atoms with van der Waals surface area (Å²) in [5.41, 5.74) is 9.00. The van der Waals surface area contributed by atoms with Gasteiger partial charge in [-0.1, -0.05) is 23.4 Å². The van der Waals surface area contributed by atoms with E-state index >= 15 is 0 Å². The Kier molecular flexibility index (Phi) is 6.94. The summed E-state index contributed by atoms with van der Waals surface area (Å²) in [7, 11) is 0. The zero-order chi connectivity index (χ0) is 28.6. The molecular formula is C27H30N10O3. The Morgan fingerprint density at radius 2 is 1.30 bits per heavy atom. The summed E-state index contributed by atoms with van der Waals surface area (Å²) < 4.78 is 7.38. The van der Waals surface area contributed by atoms with Crippen molar-refractivity contribution in [2.45, 2.75) is 47.7 Å². The van der Waals surface area contributed by atoms with Gasteiger partial charge in [-0.05, 0) is 71.0 Å². The molecule has 0 fully saturated rings. The zero-order valence-corrected chi connectivity index (χ0v) is 22.9. The van der Waals surface area contributed by atoms with Crippen LogP contribution in [0.4, 0.5) is 0 Å². The molecule has 13 heteroatoms. The van der Waals surface area contributed by atoms with Crippen molar-refractivity contribution >= 4 is 11.8 Å². The highest BCUT2D eigenvalue weighted by atomic mass is 16.2. The highest BCUT2D eigenvalue weighted by molar-refractivity contribution is 6.10. The van der Waals surface area contributed by atoms with Crippen LogP contribution >= 0.6 is 0 Å². The van der Waals surface area contributed by atoms with Crippen molar-refractivity contribution in [1.82, 2.24) is 38.7 Å². The third-order valence-electron chi connectivity index (χ3n) is 6.72. The largest absolute Gasteiger partial charge is 0.350 e. The van der Waals surface area contributed by atoms with Crippen LogP contribution in [0.5, 0.6) is 0 Å². The van der Waals surface area contributed by atoms with Gasteiger partial charge in [0.2, 0.25) is 0 Å². The number of aromatic nitrogens is 8. The van der Waals surface area contributed by atoms with Crippen molar-refractivity contribution in [3.8, 4) is 5.69 Å². The first kappa shape index (κ1) is 26.4. The minimum atomic E-state index is -0.593. The molecule has 0 unspecified atom stereocenters. The molecule has 0 radical (unpaired) electrons. The molecule has 13 nitrogen and oxygen atoms in total. The molecule has 5 aromatic rings. The highest BCUT2D eigenvalue weighted by Gasteiger charge is 2.27. The Hall–Kier alpha value is -5.20. The third-order valence-corrected chi connectivity index (χ3v) is 6.72. The maximum atomic E-state index is 13.6. The first-order chi connectivity index (χ1) is 19.2. The van der Waals surface area contributed by atoms with Crippen molar-refractivity contribution in [2.75, 3.05) is 10.9 Å². The normalized spacial score (nSPS) is 11.1. The van der Waals surface area contributed by atoms with E-state index in [1.54, 1.807) is 28.4 Å². The molecule has 0 saturated heterocycles.